The maximum atomic E-state index is 6.11. The number of nitrogens with zero attached hydrogens (tertiary/aromatic N) is 2. The van der Waals surface area contributed by atoms with Crippen molar-refractivity contribution in [3.8, 4) is 11.5 Å². The van der Waals surface area contributed by atoms with Crippen molar-refractivity contribution in [2.75, 3.05) is 0 Å². The first-order valence-electron chi connectivity index (χ1n) is 5.73. The van der Waals surface area contributed by atoms with Crippen LogP contribution in [0.25, 0.3) is 11.5 Å². The van der Waals surface area contributed by atoms with E-state index in [9.17, 15) is 0 Å². The first-order valence-corrected chi connectivity index (χ1v) is 6.90. The average molecular weight is 329 g/mol. The highest BCUT2D eigenvalue weighted by molar-refractivity contribution is 9.10. The average Bonchev–Trinajstić information content (AvgIpc) is 3.08. The molecule has 18 heavy (non-hydrogen) atoms. The second-order valence-electron chi connectivity index (χ2n) is 4.28. The smallest absolute Gasteiger partial charge is 0.249 e. The van der Waals surface area contributed by atoms with Crippen LogP contribution in [0.5, 0.6) is 0 Å². The minimum absolute atomic E-state index is 0.453. The zero-order valence-electron chi connectivity index (χ0n) is 9.49. The van der Waals surface area contributed by atoms with Gasteiger partial charge in [0.05, 0.1) is 17.1 Å². The fourth-order valence-electron chi connectivity index (χ4n) is 1.61. The Labute approximate surface area is 118 Å². The highest BCUT2D eigenvalue weighted by atomic mass is 79.9. The fraction of sp³-hybridized carbons (Fsp3) is 0.333. The molecule has 1 N–H and O–H groups in total. The summed E-state index contributed by atoms with van der Waals surface area (Å²) in [4.78, 5) is 0. The molecule has 1 aliphatic carbocycles. The Hall–Kier alpha value is -0.910. The lowest BCUT2D eigenvalue weighted by atomic mass is 10.2. The summed E-state index contributed by atoms with van der Waals surface area (Å²) in [5, 5.41) is 12.0. The molecule has 0 bridgehead atoms. The van der Waals surface area contributed by atoms with Crippen LogP contribution in [-0.4, -0.2) is 16.2 Å². The predicted molar refractivity (Wildman–Crippen MR) is 72.3 cm³/mol. The Morgan fingerprint density at radius 1 is 1.39 bits per heavy atom. The van der Waals surface area contributed by atoms with Crippen LogP contribution < -0.4 is 5.32 Å². The highest BCUT2D eigenvalue weighted by Gasteiger charge is 2.21. The van der Waals surface area contributed by atoms with Crippen LogP contribution in [-0.2, 0) is 6.54 Å². The zero-order valence-corrected chi connectivity index (χ0v) is 11.8. The summed E-state index contributed by atoms with van der Waals surface area (Å²) in [6.45, 7) is 0.614. The quantitative estimate of drug-likeness (QED) is 0.934. The molecule has 0 amide bonds. The summed E-state index contributed by atoms with van der Waals surface area (Å²) < 4.78 is 6.52. The van der Waals surface area contributed by atoms with Crippen molar-refractivity contribution in [3.63, 3.8) is 0 Å². The molecule has 1 aromatic heterocycles. The number of benzene rings is 1. The predicted octanol–water partition coefficient (Wildman–Crippen LogP) is 3.40. The van der Waals surface area contributed by atoms with Gasteiger partial charge in [-0.15, -0.1) is 10.2 Å². The van der Waals surface area contributed by atoms with E-state index in [1.807, 2.05) is 12.1 Å². The highest BCUT2D eigenvalue weighted by Crippen LogP contribution is 2.29. The van der Waals surface area contributed by atoms with Crippen LogP contribution in [0.3, 0.4) is 0 Å². The second kappa shape index (κ2) is 4.99. The third-order valence-electron chi connectivity index (χ3n) is 2.74. The number of hydrogen-bond donors (Lipinski definition) is 1. The first kappa shape index (κ1) is 12.1. The molecule has 0 spiro atoms. The van der Waals surface area contributed by atoms with Crippen molar-refractivity contribution in [2.45, 2.75) is 25.4 Å². The molecule has 3 rings (SSSR count). The molecule has 6 heteroatoms. The molecule has 1 aromatic carbocycles. The Balaban J connectivity index is 1.80. The SMILES string of the molecule is Clc1ccc(Br)cc1-c1nnc(CNC2CC2)o1. The first-order chi connectivity index (χ1) is 8.72. The Bertz CT molecular complexity index is 568. The van der Waals surface area contributed by atoms with Crippen LogP contribution in [0, 0.1) is 0 Å². The van der Waals surface area contributed by atoms with Crippen molar-refractivity contribution >= 4 is 27.5 Å². The standard InChI is InChI=1S/C12H11BrClN3O/c13-7-1-4-10(14)9(5-7)12-17-16-11(18-12)6-15-8-2-3-8/h1,4-5,8,15H,2-3,6H2. The Morgan fingerprint density at radius 2 is 2.22 bits per heavy atom. The molecule has 0 saturated heterocycles. The van der Waals surface area contributed by atoms with Crippen LogP contribution in [0.4, 0.5) is 0 Å². The summed E-state index contributed by atoms with van der Waals surface area (Å²) in [6.07, 6.45) is 2.47. The molecular formula is C12H11BrClN3O. The van der Waals surface area contributed by atoms with E-state index in [0.29, 0.717) is 29.4 Å². The van der Waals surface area contributed by atoms with Gasteiger partial charge in [0.25, 0.3) is 0 Å². The lowest BCUT2D eigenvalue weighted by molar-refractivity contribution is 0.476. The van der Waals surface area contributed by atoms with Crippen LogP contribution in [0.2, 0.25) is 5.02 Å². The van der Waals surface area contributed by atoms with Gasteiger partial charge in [0, 0.05) is 10.5 Å². The molecule has 4 nitrogen and oxygen atoms in total. The molecule has 1 saturated carbocycles. The molecule has 0 atom stereocenters. The topological polar surface area (TPSA) is 51.0 Å². The van der Waals surface area contributed by atoms with Gasteiger partial charge in [-0.05, 0) is 31.0 Å². The maximum Gasteiger partial charge on any atom is 0.249 e. The minimum Gasteiger partial charge on any atom is -0.419 e. The Kier molecular flexibility index (Phi) is 3.37. The number of rotatable bonds is 4. The van der Waals surface area contributed by atoms with Crippen molar-refractivity contribution < 1.29 is 4.42 Å². The Morgan fingerprint density at radius 3 is 3.00 bits per heavy atom. The number of aromatic nitrogens is 2. The van der Waals surface area contributed by atoms with E-state index in [1.165, 1.54) is 12.8 Å². The number of hydrogen-bond acceptors (Lipinski definition) is 4. The summed E-state index contributed by atoms with van der Waals surface area (Å²) in [5.41, 5.74) is 0.746. The molecule has 1 fully saturated rings. The third kappa shape index (κ3) is 2.74. The summed E-state index contributed by atoms with van der Waals surface area (Å²) in [5.74, 6) is 1.04. The van der Waals surface area contributed by atoms with E-state index < -0.39 is 0 Å². The lowest BCUT2D eigenvalue weighted by Gasteiger charge is -1.99. The lowest BCUT2D eigenvalue weighted by Crippen LogP contribution is -2.15. The van der Waals surface area contributed by atoms with E-state index >= 15 is 0 Å². The van der Waals surface area contributed by atoms with Gasteiger partial charge in [-0.2, -0.15) is 0 Å². The van der Waals surface area contributed by atoms with E-state index in [0.717, 1.165) is 10.0 Å². The fourth-order valence-corrected chi connectivity index (χ4v) is 2.17. The van der Waals surface area contributed by atoms with Crippen molar-refractivity contribution in [2.24, 2.45) is 0 Å². The summed E-state index contributed by atoms with van der Waals surface area (Å²) in [7, 11) is 0. The minimum atomic E-state index is 0.453. The van der Waals surface area contributed by atoms with Gasteiger partial charge in [0.1, 0.15) is 0 Å². The molecule has 1 heterocycles. The number of nitrogens with one attached hydrogen (secondary N) is 1. The van der Waals surface area contributed by atoms with Gasteiger partial charge in [-0.1, -0.05) is 27.5 Å². The van der Waals surface area contributed by atoms with E-state index in [4.69, 9.17) is 16.0 Å². The maximum absolute atomic E-state index is 6.11. The largest absolute Gasteiger partial charge is 0.419 e. The van der Waals surface area contributed by atoms with Crippen LogP contribution in [0.1, 0.15) is 18.7 Å². The van der Waals surface area contributed by atoms with Crippen molar-refractivity contribution in [1.82, 2.24) is 15.5 Å². The van der Waals surface area contributed by atoms with Crippen LogP contribution >= 0.6 is 27.5 Å². The normalized spacial score (nSPS) is 15.0. The molecule has 1 aliphatic rings. The zero-order chi connectivity index (χ0) is 12.5. The van der Waals surface area contributed by atoms with Crippen molar-refractivity contribution in [1.29, 1.82) is 0 Å². The monoisotopic (exact) mass is 327 g/mol. The van der Waals surface area contributed by atoms with Gasteiger partial charge < -0.3 is 9.73 Å². The molecule has 2 aromatic rings. The van der Waals surface area contributed by atoms with Gasteiger partial charge in [-0.25, -0.2) is 0 Å². The van der Waals surface area contributed by atoms with Gasteiger partial charge in [0.2, 0.25) is 11.8 Å². The molecule has 0 unspecified atom stereocenters. The van der Waals surface area contributed by atoms with Gasteiger partial charge >= 0.3 is 0 Å². The molecule has 0 aliphatic heterocycles. The summed E-state index contributed by atoms with van der Waals surface area (Å²) in [6, 6.07) is 6.16. The second-order valence-corrected chi connectivity index (χ2v) is 5.60. The number of halogens is 2. The van der Waals surface area contributed by atoms with Gasteiger partial charge in [0.15, 0.2) is 0 Å². The molecular weight excluding hydrogens is 318 g/mol. The molecule has 0 radical (unpaired) electrons. The third-order valence-corrected chi connectivity index (χ3v) is 3.57. The van der Waals surface area contributed by atoms with E-state index in [-0.39, 0.29) is 0 Å². The van der Waals surface area contributed by atoms with E-state index in [1.54, 1.807) is 6.07 Å². The van der Waals surface area contributed by atoms with Crippen LogP contribution in [0.15, 0.2) is 27.1 Å². The van der Waals surface area contributed by atoms with Crippen molar-refractivity contribution in [3.05, 3.63) is 33.6 Å². The molecule has 94 valence electrons. The van der Waals surface area contributed by atoms with E-state index in [2.05, 4.69) is 31.4 Å². The van der Waals surface area contributed by atoms with Gasteiger partial charge in [-0.3, -0.25) is 0 Å². The summed E-state index contributed by atoms with van der Waals surface area (Å²) >= 11 is 9.51.